The lowest BCUT2D eigenvalue weighted by molar-refractivity contribution is 0.0468. The van der Waals surface area contributed by atoms with E-state index in [0.29, 0.717) is 37.3 Å². The van der Waals surface area contributed by atoms with E-state index in [0.717, 1.165) is 66.3 Å². The summed E-state index contributed by atoms with van der Waals surface area (Å²) in [7, 11) is 0. The van der Waals surface area contributed by atoms with Gasteiger partial charge in [0.1, 0.15) is 24.3 Å². The van der Waals surface area contributed by atoms with Gasteiger partial charge >= 0.3 is 6.01 Å². The molecule has 3 saturated heterocycles. The fourth-order valence-corrected chi connectivity index (χ4v) is 8.02. The molecule has 8 rings (SSSR count). The highest BCUT2D eigenvalue weighted by atomic mass is 35.5. The first-order valence-corrected chi connectivity index (χ1v) is 15.0. The van der Waals surface area contributed by atoms with E-state index in [1.54, 1.807) is 12.1 Å². The summed E-state index contributed by atoms with van der Waals surface area (Å²) in [5.74, 6) is 1.17. The van der Waals surface area contributed by atoms with Gasteiger partial charge in [0.15, 0.2) is 0 Å². The quantitative estimate of drug-likeness (QED) is 0.492. The fraction of sp³-hybridized carbons (Fsp3) is 0.533. The molecule has 0 spiro atoms. The van der Waals surface area contributed by atoms with Crippen LogP contribution in [0.15, 0.2) is 30.3 Å². The summed E-state index contributed by atoms with van der Waals surface area (Å²) in [6, 6.07) is 10.0. The molecule has 10 heteroatoms. The number of piperazine rings is 1. The summed E-state index contributed by atoms with van der Waals surface area (Å²) in [6.45, 7) is 7.39. The summed E-state index contributed by atoms with van der Waals surface area (Å²) in [5.41, 5.74) is 3.00. The fourth-order valence-electron chi connectivity index (χ4n) is 7.74. The number of hydrogen-bond acceptors (Lipinski definition) is 9. The second kappa shape index (κ2) is 9.62. The Balaban J connectivity index is 1.20. The monoisotopic (exact) mass is 562 g/mol. The molecule has 2 atom stereocenters. The first-order chi connectivity index (χ1) is 19.6. The highest BCUT2D eigenvalue weighted by Gasteiger charge is 2.45. The van der Waals surface area contributed by atoms with E-state index >= 15 is 0 Å². The number of aromatic nitrogens is 2. The van der Waals surface area contributed by atoms with Crippen molar-refractivity contribution in [2.45, 2.75) is 49.9 Å². The molecule has 0 bridgehead atoms. The number of nitrogens with zero attached hydrogens (tertiary/aromatic N) is 5. The van der Waals surface area contributed by atoms with Crippen molar-refractivity contribution in [1.29, 1.82) is 0 Å². The largest absolute Gasteiger partial charge is 0.508 e. The van der Waals surface area contributed by atoms with Crippen molar-refractivity contribution < 1.29 is 14.6 Å². The SMILES string of the molecule is Oc1cc(N2Cc3nc(OCC45CCCN4CCC5)nc4c3C(C2)OCC2CNCCN42)c2c(Cl)cccc2c1. The maximum Gasteiger partial charge on any atom is 0.318 e. The minimum Gasteiger partial charge on any atom is -0.508 e. The number of phenolic OH excluding ortho intramolecular Hbond substituents is 1. The molecule has 5 aliphatic rings. The van der Waals surface area contributed by atoms with Crippen LogP contribution < -0.4 is 19.9 Å². The van der Waals surface area contributed by atoms with Crippen LogP contribution in [0, 0.1) is 0 Å². The van der Waals surface area contributed by atoms with Crippen molar-refractivity contribution in [2.24, 2.45) is 0 Å². The number of rotatable bonds is 4. The standard InChI is InChI=1S/C30H35ClN6O3/c31-22-5-1-4-19-12-21(38)13-24(26(19)22)35-15-23-27-25(16-35)39-17-20-14-32-8-11-37(20)28(27)34-29(33-23)40-18-30-6-2-9-36(30)10-3-7-30/h1,4-5,12-13,20,25,32,38H,2-3,6-11,14-18H2. The third-order valence-electron chi connectivity index (χ3n) is 9.66. The molecule has 2 unspecified atom stereocenters. The van der Waals surface area contributed by atoms with E-state index in [-0.39, 0.29) is 23.4 Å². The van der Waals surface area contributed by atoms with Crippen LogP contribution in [-0.4, -0.2) is 84.0 Å². The van der Waals surface area contributed by atoms with E-state index in [9.17, 15) is 5.11 Å². The van der Waals surface area contributed by atoms with Crippen LogP contribution >= 0.6 is 11.6 Å². The van der Waals surface area contributed by atoms with Crippen molar-refractivity contribution in [3.05, 3.63) is 46.6 Å². The average molecular weight is 563 g/mol. The normalized spacial score (nSPS) is 25.4. The molecule has 3 fully saturated rings. The molecule has 0 aliphatic carbocycles. The van der Waals surface area contributed by atoms with Crippen LogP contribution in [0.4, 0.5) is 11.5 Å². The van der Waals surface area contributed by atoms with Gasteiger partial charge in [-0.25, -0.2) is 0 Å². The van der Waals surface area contributed by atoms with Crippen LogP contribution in [-0.2, 0) is 11.3 Å². The van der Waals surface area contributed by atoms with Gasteiger partial charge in [-0.3, -0.25) is 4.90 Å². The Labute approximate surface area is 239 Å². The van der Waals surface area contributed by atoms with E-state index in [1.165, 1.54) is 25.7 Å². The summed E-state index contributed by atoms with van der Waals surface area (Å²) >= 11 is 6.72. The topological polar surface area (TPSA) is 86.2 Å². The summed E-state index contributed by atoms with van der Waals surface area (Å²) in [6.07, 6.45) is 4.63. The summed E-state index contributed by atoms with van der Waals surface area (Å²) in [5, 5.41) is 16.6. The van der Waals surface area contributed by atoms with Gasteiger partial charge in [0.25, 0.3) is 0 Å². The van der Waals surface area contributed by atoms with E-state index in [4.69, 9.17) is 31.0 Å². The van der Waals surface area contributed by atoms with Crippen molar-refractivity contribution in [2.75, 3.05) is 62.3 Å². The number of phenols is 1. The maximum atomic E-state index is 10.6. The molecule has 210 valence electrons. The molecular weight excluding hydrogens is 528 g/mol. The predicted molar refractivity (Wildman–Crippen MR) is 155 cm³/mol. The summed E-state index contributed by atoms with van der Waals surface area (Å²) < 4.78 is 13.1. The molecule has 0 saturated carbocycles. The minimum absolute atomic E-state index is 0.125. The van der Waals surface area contributed by atoms with Gasteiger partial charge in [0.05, 0.1) is 41.1 Å². The molecule has 40 heavy (non-hydrogen) atoms. The zero-order valence-electron chi connectivity index (χ0n) is 22.6. The maximum absolute atomic E-state index is 10.6. The highest BCUT2D eigenvalue weighted by Crippen LogP contribution is 2.44. The Hall–Kier alpha value is -2.85. The second-order valence-electron chi connectivity index (χ2n) is 12.0. The van der Waals surface area contributed by atoms with Gasteiger partial charge in [-0.2, -0.15) is 9.97 Å². The average Bonchev–Trinajstić information content (AvgIpc) is 3.50. The van der Waals surface area contributed by atoms with Gasteiger partial charge in [0.2, 0.25) is 0 Å². The van der Waals surface area contributed by atoms with Crippen LogP contribution in [0.25, 0.3) is 10.8 Å². The van der Waals surface area contributed by atoms with Crippen LogP contribution in [0.5, 0.6) is 11.8 Å². The third kappa shape index (κ3) is 4.01. The number of fused-ring (bicyclic) bond motifs is 4. The molecule has 0 radical (unpaired) electrons. The number of nitrogens with one attached hydrogen (secondary N) is 1. The smallest absolute Gasteiger partial charge is 0.318 e. The van der Waals surface area contributed by atoms with Gasteiger partial charge in [-0.05, 0) is 56.3 Å². The van der Waals surface area contributed by atoms with Gasteiger partial charge in [-0.15, -0.1) is 0 Å². The third-order valence-corrected chi connectivity index (χ3v) is 9.97. The lowest BCUT2D eigenvalue weighted by Gasteiger charge is -2.38. The number of halogens is 1. The lowest BCUT2D eigenvalue weighted by atomic mass is 9.95. The Bertz CT molecular complexity index is 1460. The molecule has 6 heterocycles. The van der Waals surface area contributed by atoms with Crippen LogP contribution in [0.3, 0.4) is 0 Å². The number of aromatic hydroxyl groups is 1. The zero-order valence-corrected chi connectivity index (χ0v) is 23.4. The van der Waals surface area contributed by atoms with E-state index in [1.807, 2.05) is 18.2 Å². The van der Waals surface area contributed by atoms with Crippen molar-refractivity contribution in [1.82, 2.24) is 20.2 Å². The van der Waals surface area contributed by atoms with Crippen molar-refractivity contribution in [3.8, 4) is 11.8 Å². The first kappa shape index (κ1) is 24.9. The molecule has 2 N–H and O–H groups in total. The number of hydrogen-bond donors (Lipinski definition) is 2. The van der Waals surface area contributed by atoms with Crippen LogP contribution in [0.2, 0.25) is 5.02 Å². The molecule has 3 aromatic rings. The van der Waals surface area contributed by atoms with E-state index in [2.05, 4.69) is 20.0 Å². The number of ether oxygens (including phenoxy) is 2. The minimum atomic E-state index is -0.197. The van der Waals surface area contributed by atoms with Gasteiger partial charge in [0, 0.05) is 43.2 Å². The second-order valence-corrected chi connectivity index (χ2v) is 12.4. The zero-order chi connectivity index (χ0) is 26.8. The number of anilines is 2. The molecular formula is C30H35ClN6O3. The Kier molecular flexibility index (Phi) is 5.99. The molecule has 0 amide bonds. The van der Waals surface area contributed by atoms with Gasteiger partial charge in [-0.1, -0.05) is 23.7 Å². The molecule has 1 aromatic heterocycles. The Morgan fingerprint density at radius 1 is 1.15 bits per heavy atom. The molecule has 9 nitrogen and oxygen atoms in total. The Morgan fingerprint density at radius 2 is 2.02 bits per heavy atom. The van der Waals surface area contributed by atoms with Crippen LogP contribution in [0.1, 0.15) is 43.0 Å². The van der Waals surface area contributed by atoms with Crippen molar-refractivity contribution in [3.63, 3.8) is 0 Å². The van der Waals surface area contributed by atoms with E-state index < -0.39 is 0 Å². The Morgan fingerprint density at radius 3 is 2.90 bits per heavy atom. The first-order valence-electron chi connectivity index (χ1n) is 14.6. The van der Waals surface area contributed by atoms with Crippen molar-refractivity contribution >= 4 is 33.9 Å². The molecule has 2 aromatic carbocycles. The lowest BCUT2D eigenvalue weighted by Crippen LogP contribution is -2.53. The highest BCUT2D eigenvalue weighted by molar-refractivity contribution is 6.36. The van der Waals surface area contributed by atoms with Gasteiger partial charge < -0.3 is 29.7 Å². The number of benzene rings is 2. The molecule has 5 aliphatic heterocycles. The summed E-state index contributed by atoms with van der Waals surface area (Å²) in [4.78, 5) is 17.4. The predicted octanol–water partition coefficient (Wildman–Crippen LogP) is 3.87.